The number of hydrogen-bond donors (Lipinski definition) is 2. The lowest BCUT2D eigenvalue weighted by Gasteiger charge is -2.21. The van der Waals surface area contributed by atoms with Crippen molar-refractivity contribution in [2.75, 3.05) is 26.4 Å². The Kier molecular flexibility index (Phi) is 50.0. The summed E-state index contributed by atoms with van der Waals surface area (Å²) in [5.74, 6) is -1.52. The molecule has 0 aliphatic heterocycles. The molecule has 0 heterocycles. The summed E-state index contributed by atoms with van der Waals surface area (Å²) >= 11 is 0. The van der Waals surface area contributed by atoms with Gasteiger partial charge in [0.1, 0.15) is 12.7 Å². The maximum absolute atomic E-state index is 12.9. The van der Waals surface area contributed by atoms with Gasteiger partial charge in [-0.2, -0.15) is 0 Å². The Hall–Kier alpha value is -3.08. The molecule has 0 fully saturated rings. The molecule has 0 saturated carbocycles. The van der Waals surface area contributed by atoms with Crippen molar-refractivity contribution >= 4 is 25.7 Å². The Labute approximate surface area is 427 Å². The maximum atomic E-state index is 12.9. The van der Waals surface area contributed by atoms with Crippen LogP contribution in [-0.4, -0.2) is 66.5 Å². The monoisotopic (exact) mass is 1000 g/mol. The molecule has 0 aliphatic carbocycles. The zero-order valence-electron chi connectivity index (χ0n) is 44.5. The fraction of sp³-hybridized carbons (Fsp3) is 0.741. The summed E-state index contributed by atoms with van der Waals surface area (Å²) in [6.07, 6.45) is 57.2. The minimum atomic E-state index is -4.76. The molecule has 0 spiro atoms. The first kappa shape index (κ1) is 66.9. The normalized spacial score (nSPS) is 14.0. The van der Waals surface area contributed by atoms with Crippen LogP contribution in [0.25, 0.3) is 0 Å². The topological polar surface area (TPSA) is 155 Å². The van der Waals surface area contributed by atoms with E-state index < -0.39 is 57.8 Å². The Morgan fingerprint density at radius 3 is 1.23 bits per heavy atom. The average molecular weight is 1010 g/mol. The molecule has 0 saturated heterocycles. The fourth-order valence-electron chi connectivity index (χ4n) is 7.38. The first-order valence-electron chi connectivity index (χ1n) is 27.8. The van der Waals surface area contributed by atoms with Crippen LogP contribution >= 0.6 is 7.82 Å². The lowest BCUT2D eigenvalue weighted by molar-refractivity contribution is -0.161. The van der Waals surface area contributed by atoms with Crippen molar-refractivity contribution in [1.82, 2.24) is 0 Å². The molecule has 70 heavy (non-hydrogen) atoms. The van der Waals surface area contributed by atoms with Gasteiger partial charge in [0.05, 0.1) is 19.8 Å². The summed E-state index contributed by atoms with van der Waals surface area (Å²) in [5, 5.41) is 9.79. The van der Waals surface area contributed by atoms with E-state index in [0.29, 0.717) is 19.3 Å². The second-order valence-corrected chi connectivity index (χ2v) is 19.8. The largest absolute Gasteiger partial charge is 0.472 e. The molecule has 11 nitrogen and oxygen atoms in total. The third kappa shape index (κ3) is 49.9. The van der Waals surface area contributed by atoms with E-state index in [0.717, 1.165) is 109 Å². The number of aliphatic hydroxyl groups excluding tert-OH is 1. The average Bonchev–Trinajstić information content (AvgIpc) is 3.35. The standard InChI is InChI=1S/C58H101O11P/c1-4-7-10-13-16-19-22-25-27-30-32-35-38-41-44-47-56(60)65-51-55(69-58(62)49-46-43-40-37-34-31-28-26-23-20-17-14-11-8-5-2)53-67-70(63,64)66-52-54(50-59)68-57(61)48-45-42-39-36-33-29-24-21-18-15-12-9-6-3/h7,10,12,15-16,19,21,24-25,27,32,35,54-55,59H,4-6,8-9,11,13-14,17-18,20,22-23,26,28-31,33-34,36-53H2,1-3H3,(H,63,64)/b10-7-,15-12-,19-16-,24-21-,27-25-,35-32-. The van der Waals surface area contributed by atoms with Crippen molar-refractivity contribution in [1.29, 1.82) is 0 Å². The lowest BCUT2D eigenvalue weighted by Crippen LogP contribution is -2.30. The van der Waals surface area contributed by atoms with E-state index >= 15 is 0 Å². The number of phosphoric acid groups is 1. The number of carbonyl (C=O) groups excluding carboxylic acids is 3. The molecule has 0 aromatic rings. The van der Waals surface area contributed by atoms with Crippen molar-refractivity contribution in [3.63, 3.8) is 0 Å². The number of carbonyl (C=O) groups is 3. The van der Waals surface area contributed by atoms with E-state index in [4.69, 9.17) is 23.3 Å². The fourth-order valence-corrected chi connectivity index (χ4v) is 8.17. The molecule has 0 aliphatic rings. The summed E-state index contributed by atoms with van der Waals surface area (Å²) < 4.78 is 39.4. The zero-order chi connectivity index (χ0) is 51.3. The van der Waals surface area contributed by atoms with Crippen LogP contribution in [0.15, 0.2) is 72.9 Å². The molecule has 404 valence electrons. The van der Waals surface area contributed by atoms with Crippen LogP contribution in [0.5, 0.6) is 0 Å². The Balaban J connectivity index is 4.79. The lowest BCUT2D eigenvalue weighted by atomic mass is 10.0. The van der Waals surface area contributed by atoms with Crippen molar-refractivity contribution in [2.24, 2.45) is 0 Å². The van der Waals surface area contributed by atoms with Gasteiger partial charge in [-0.15, -0.1) is 0 Å². The van der Waals surface area contributed by atoms with Crippen molar-refractivity contribution < 1.29 is 52.2 Å². The van der Waals surface area contributed by atoms with E-state index in [9.17, 15) is 28.9 Å². The third-order valence-corrected chi connectivity index (χ3v) is 12.5. The SMILES string of the molecule is CC/C=C\C/C=C\C/C=C\C/C=C\CCCCC(=O)OCC(COP(=O)(O)OCC(CO)OC(=O)CCCCCCC/C=C\C/C=C\CCC)OC(=O)CCCCCCCCCCCCCCCCC. The maximum Gasteiger partial charge on any atom is 0.472 e. The number of unbranched alkanes of at least 4 members (excludes halogenated alkanes) is 22. The van der Waals surface area contributed by atoms with Crippen LogP contribution in [-0.2, 0) is 42.2 Å². The highest BCUT2D eigenvalue weighted by Gasteiger charge is 2.28. The first-order valence-corrected chi connectivity index (χ1v) is 29.3. The van der Waals surface area contributed by atoms with Crippen molar-refractivity contribution in [3.8, 4) is 0 Å². The van der Waals surface area contributed by atoms with E-state index in [2.05, 4.69) is 93.7 Å². The summed E-state index contributed by atoms with van der Waals surface area (Å²) in [5.41, 5.74) is 0. The second-order valence-electron chi connectivity index (χ2n) is 18.4. The molecule has 0 aromatic heterocycles. The molecule has 3 atom stereocenters. The predicted molar refractivity (Wildman–Crippen MR) is 288 cm³/mol. The smallest absolute Gasteiger partial charge is 0.462 e. The molecule has 2 N–H and O–H groups in total. The van der Waals surface area contributed by atoms with Crippen molar-refractivity contribution in [2.45, 2.75) is 251 Å². The van der Waals surface area contributed by atoms with E-state index in [1.54, 1.807) is 0 Å². The quantitative estimate of drug-likeness (QED) is 0.0197. The van der Waals surface area contributed by atoms with Gasteiger partial charge in [-0.05, 0) is 83.5 Å². The van der Waals surface area contributed by atoms with Gasteiger partial charge in [0.15, 0.2) is 6.10 Å². The number of aliphatic hydroxyl groups is 1. The van der Waals surface area contributed by atoms with Crippen LogP contribution in [0.2, 0.25) is 0 Å². The van der Waals surface area contributed by atoms with Crippen LogP contribution < -0.4 is 0 Å². The van der Waals surface area contributed by atoms with E-state index in [-0.39, 0.29) is 25.9 Å². The highest BCUT2D eigenvalue weighted by Crippen LogP contribution is 2.43. The van der Waals surface area contributed by atoms with E-state index in [1.165, 1.54) is 70.6 Å². The van der Waals surface area contributed by atoms with Gasteiger partial charge in [-0.1, -0.05) is 209 Å². The number of ether oxygens (including phenoxy) is 3. The van der Waals surface area contributed by atoms with Crippen LogP contribution in [0, 0.1) is 0 Å². The minimum Gasteiger partial charge on any atom is -0.462 e. The number of phosphoric ester groups is 1. The highest BCUT2D eigenvalue weighted by atomic mass is 31.2. The Morgan fingerprint density at radius 1 is 0.414 bits per heavy atom. The molecule has 3 unspecified atom stereocenters. The minimum absolute atomic E-state index is 0.157. The molecule has 12 heteroatoms. The summed E-state index contributed by atoms with van der Waals surface area (Å²) in [4.78, 5) is 48.4. The van der Waals surface area contributed by atoms with Crippen LogP contribution in [0.1, 0.15) is 239 Å². The van der Waals surface area contributed by atoms with Crippen molar-refractivity contribution in [3.05, 3.63) is 72.9 Å². The number of allylic oxidation sites excluding steroid dienone is 12. The molecule has 0 amide bonds. The van der Waals surface area contributed by atoms with Crippen LogP contribution in [0.3, 0.4) is 0 Å². The number of esters is 3. The van der Waals surface area contributed by atoms with Gasteiger partial charge in [0.25, 0.3) is 0 Å². The summed E-state index contributed by atoms with van der Waals surface area (Å²) in [6.45, 7) is 4.41. The number of hydrogen-bond acceptors (Lipinski definition) is 10. The molecule has 0 rings (SSSR count). The Bertz CT molecular complexity index is 1450. The summed E-state index contributed by atoms with van der Waals surface area (Å²) in [6, 6.07) is 0. The van der Waals surface area contributed by atoms with Crippen LogP contribution in [0.4, 0.5) is 0 Å². The first-order chi connectivity index (χ1) is 34.2. The molecular formula is C58H101O11P. The zero-order valence-corrected chi connectivity index (χ0v) is 45.4. The van der Waals surface area contributed by atoms with Gasteiger partial charge < -0.3 is 24.2 Å². The van der Waals surface area contributed by atoms with Gasteiger partial charge >= 0.3 is 25.7 Å². The molecular weight excluding hydrogens is 904 g/mol. The predicted octanol–water partition coefficient (Wildman–Crippen LogP) is 16.1. The Morgan fingerprint density at radius 2 is 0.771 bits per heavy atom. The van der Waals surface area contributed by atoms with Gasteiger partial charge in [0, 0.05) is 19.3 Å². The molecule has 0 aromatic carbocycles. The van der Waals surface area contributed by atoms with Gasteiger partial charge in [-0.3, -0.25) is 23.4 Å². The molecule has 0 radical (unpaired) electrons. The second kappa shape index (κ2) is 52.2. The highest BCUT2D eigenvalue weighted by molar-refractivity contribution is 7.47. The van der Waals surface area contributed by atoms with Gasteiger partial charge in [-0.25, -0.2) is 4.57 Å². The van der Waals surface area contributed by atoms with Gasteiger partial charge in [0.2, 0.25) is 0 Å². The van der Waals surface area contributed by atoms with E-state index in [1.807, 2.05) is 0 Å². The third-order valence-electron chi connectivity index (χ3n) is 11.6. The molecule has 0 bridgehead atoms. The summed E-state index contributed by atoms with van der Waals surface area (Å²) in [7, 11) is -4.76. The number of rotatable bonds is 51.